The summed E-state index contributed by atoms with van der Waals surface area (Å²) in [6, 6.07) is 19.6. The van der Waals surface area contributed by atoms with Crippen molar-refractivity contribution in [3.63, 3.8) is 0 Å². The largest absolute Gasteiger partial charge is 0.495 e. The van der Waals surface area contributed by atoms with Crippen LogP contribution in [0.5, 0.6) is 5.75 Å². The van der Waals surface area contributed by atoms with Gasteiger partial charge in [-0.2, -0.15) is 13.2 Å². The van der Waals surface area contributed by atoms with E-state index in [1.807, 2.05) is 6.92 Å². The number of hydrogen-bond acceptors (Lipinski definition) is 6. The molecule has 0 atom stereocenters. The number of ether oxygens (including phenoxy) is 1. The topological polar surface area (TPSA) is 110 Å². The summed E-state index contributed by atoms with van der Waals surface area (Å²) in [5, 5.41) is 7.60. The van der Waals surface area contributed by atoms with E-state index in [1.54, 1.807) is 54.6 Å². The molecule has 1 heterocycles. The molecule has 4 rings (SSSR count). The third-order valence-electron chi connectivity index (χ3n) is 4.91. The van der Waals surface area contributed by atoms with E-state index in [2.05, 4.69) is 15.2 Å². The zero-order valence-corrected chi connectivity index (χ0v) is 19.8. The highest BCUT2D eigenvalue weighted by atomic mass is 35.5. The fourth-order valence-electron chi connectivity index (χ4n) is 3.13. The molecule has 2 N–H and O–H groups in total. The average Bonchev–Trinajstić information content (AvgIpc) is 2.82. The number of halogens is 1. The van der Waals surface area contributed by atoms with Crippen molar-refractivity contribution < 1.29 is 22.4 Å². The summed E-state index contributed by atoms with van der Waals surface area (Å²) >= 11 is 6.15. The lowest BCUT2D eigenvalue weighted by Crippen LogP contribution is -2.27. The van der Waals surface area contributed by atoms with E-state index in [-0.39, 0.29) is 16.0 Å². The van der Waals surface area contributed by atoms with Crippen molar-refractivity contribution in [3.8, 4) is 5.75 Å². The van der Waals surface area contributed by atoms with Gasteiger partial charge in [-0.1, -0.05) is 47.5 Å². The molecule has 174 valence electrons. The fourth-order valence-corrected chi connectivity index (χ4v) is 4.19. The van der Waals surface area contributed by atoms with Crippen LogP contribution in [-0.4, -0.2) is 21.4 Å². The number of anilines is 1. The van der Waals surface area contributed by atoms with Gasteiger partial charge in [-0.15, -0.1) is 5.10 Å². The normalized spacial score (nSPS) is 11.9. The van der Waals surface area contributed by atoms with Crippen molar-refractivity contribution in [1.29, 1.82) is 0 Å². The molecule has 3 aromatic carbocycles. The summed E-state index contributed by atoms with van der Waals surface area (Å²) in [5.74, 6) is -0.106. The third-order valence-corrected chi connectivity index (χ3v) is 6.43. The summed E-state index contributed by atoms with van der Waals surface area (Å²) in [5.41, 5.74) is 1.58. The standard InChI is InChI=1S/C24H20ClN3O5S/c1-15-7-10-18(11-8-15)34(30,31)28-27-24-19(13-16-5-3-4-6-21(16)33-24)23(29)26-17-9-12-22(32-2)20(25)14-17/h3-14,28H,1-2H3,(H,26,29). The number of para-hydroxylation sites is 1. The number of carbonyl (C=O) groups is 1. The molecule has 1 aromatic heterocycles. The van der Waals surface area contributed by atoms with Crippen LogP contribution in [0.2, 0.25) is 5.02 Å². The van der Waals surface area contributed by atoms with E-state index < -0.39 is 15.9 Å². The molecule has 0 bridgehead atoms. The molecule has 0 spiro atoms. The Bertz CT molecular complexity index is 1550. The number of rotatable bonds is 6. The first-order valence-electron chi connectivity index (χ1n) is 10.1. The van der Waals surface area contributed by atoms with Crippen LogP contribution in [0.15, 0.2) is 87.2 Å². The van der Waals surface area contributed by atoms with Gasteiger partial charge in [-0.3, -0.25) is 4.79 Å². The SMILES string of the molecule is COc1ccc(NC(=O)c2cc3ccccc3oc2=NNS(=O)(=O)c2ccc(C)cc2)cc1Cl. The van der Waals surface area contributed by atoms with E-state index in [0.29, 0.717) is 27.4 Å². The second kappa shape index (κ2) is 9.58. The molecule has 0 fully saturated rings. The van der Waals surface area contributed by atoms with Gasteiger partial charge in [0.15, 0.2) is 0 Å². The summed E-state index contributed by atoms with van der Waals surface area (Å²) in [6.07, 6.45) is 0. The number of aryl methyl sites for hydroxylation is 1. The van der Waals surface area contributed by atoms with Crippen molar-refractivity contribution in [2.45, 2.75) is 11.8 Å². The Balaban J connectivity index is 1.73. The molecule has 0 radical (unpaired) electrons. The van der Waals surface area contributed by atoms with Crippen molar-refractivity contribution in [3.05, 3.63) is 94.5 Å². The summed E-state index contributed by atoms with van der Waals surface area (Å²) in [6.45, 7) is 1.85. The number of methoxy groups -OCH3 is 1. The first kappa shape index (κ1) is 23.3. The molecule has 0 aliphatic rings. The molecule has 0 saturated heterocycles. The van der Waals surface area contributed by atoms with Gasteiger partial charge in [0.25, 0.3) is 15.9 Å². The molecule has 0 saturated carbocycles. The molecule has 0 aliphatic heterocycles. The highest BCUT2D eigenvalue weighted by Gasteiger charge is 2.16. The molecule has 0 unspecified atom stereocenters. The number of hydrogen-bond donors (Lipinski definition) is 2. The van der Waals surface area contributed by atoms with Crippen molar-refractivity contribution in [1.82, 2.24) is 4.83 Å². The highest BCUT2D eigenvalue weighted by molar-refractivity contribution is 7.89. The Morgan fingerprint density at radius 1 is 1.03 bits per heavy atom. The molecule has 8 nitrogen and oxygen atoms in total. The van der Waals surface area contributed by atoms with Crippen LogP contribution in [-0.2, 0) is 10.0 Å². The molecule has 4 aromatic rings. The Morgan fingerprint density at radius 2 is 1.76 bits per heavy atom. The Kier molecular flexibility index (Phi) is 6.58. The van der Waals surface area contributed by atoms with Crippen molar-refractivity contribution in [2.75, 3.05) is 12.4 Å². The maximum Gasteiger partial charge on any atom is 0.276 e. The van der Waals surface area contributed by atoms with Crippen molar-refractivity contribution >= 4 is 44.2 Å². The van der Waals surface area contributed by atoms with E-state index in [4.69, 9.17) is 20.8 Å². The van der Waals surface area contributed by atoms with Gasteiger partial charge in [-0.05, 0) is 49.4 Å². The minimum absolute atomic E-state index is 0.0252. The molecule has 34 heavy (non-hydrogen) atoms. The van der Waals surface area contributed by atoms with Crippen LogP contribution >= 0.6 is 11.6 Å². The van der Waals surface area contributed by atoms with Gasteiger partial charge >= 0.3 is 0 Å². The van der Waals surface area contributed by atoms with Gasteiger partial charge in [-0.25, -0.2) is 0 Å². The lowest BCUT2D eigenvalue weighted by atomic mass is 10.1. The second-order valence-corrected chi connectivity index (χ2v) is 9.39. The van der Waals surface area contributed by atoms with Crippen LogP contribution < -0.4 is 20.4 Å². The minimum Gasteiger partial charge on any atom is -0.495 e. The highest BCUT2D eigenvalue weighted by Crippen LogP contribution is 2.27. The van der Waals surface area contributed by atoms with Gasteiger partial charge in [0, 0.05) is 11.1 Å². The quantitative estimate of drug-likeness (QED) is 0.382. The van der Waals surface area contributed by atoms with Crippen LogP contribution in [0.1, 0.15) is 15.9 Å². The Morgan fingerprint density at radius 3 is 2.47 bits per heavy atom. The number of sulfonamides is 1. The van der Waals surface area contributed by atoms with Gasteiger partial charge in [0.05, 0.1) is 17.0 Å². The summed E-state index contributed by atoms with van der Waals surface area (Å²) in [4.78, 5) is 15.3. The predicted molar refractivity (Wildman–Crippen MR) is 129 cm³/mol. The van der Waals surface area contributed by atoms with Gasteiger partial charge < -0.3 is 14.5 Å². The van der Waals surface area contributed by atoms with Crippen LogP contribution in [0.4, 0.5) is 5.69 Å². The third kappa shape index (κ3) is 5.05. The fraction of sp³-hybridized carbons (Fsp3) is 0.0833. The molecular weight excluding hydrogens is 478 g/mol. The number of nitrogens with one attached hydrogen (secondary N) is 2. The number of fused-ring (bicyclic) bond motifs is 1. The molecule has 1 amide bonds. The maximum atomic E-state index is 13.1. The van der Waals surface area contributed by atoms with Gasteiger partial charge in [0.1, 0.15) is 16.9 Å². The summed E-state index contributed by atoms with van der Waals surface area (Å²) in [7, 11) is -2.50. The molecule has 10 heteroatoms. The monoisotopic (exact) mass is 497 g/mol. The van der Waals surface area contributed by atoms with E-state index >= 15 is 0 Å². The van der Waals surface area contributed by atoms with E-state index in [1.165, 1.54) is 25.3 Å². The van der Waals surface area contributed by atoms with Crippen LogP contribution in [0.3, 0.4) is 0 Å². The van der Waals surface area contributed by atoms with Crippen LogP contribution in [0.25, 0.3) is 11.0 Å². The molecular formula is C24H20ClN3O5S. The van der Waals surface area contributed by atoms with E-state index in [9.17, 15) is 13.2 Å². The number of amides is 1. The number of carbonyl (C=O) groups excluding carboxylic acids is 1. The lowest BCUT2D eigenvalue weighted by Gasteiger charge is -2.09. The van der Waals surface area contributed by atoms with Crippen molar-refractivity contribution in [2.24, 2.45) is 5.10 Å². The van der Waals surface area contributed by atoms with Crippen LogP contribution in [0, 0.1) is 6.92 Å². The first-order chi connectivity index (χ1) is 16.3. The maximum absolute atomic E-state index is 13.1. The number of nitrogens with zero attached hydrogens (tertiary/aromatic N) is 1. The van der Waals surface area contributed by atoms with E-state index in [0.717, 1.165) is 5.56 Å². The zero-order chi connectivity index (χ0) is 24.3. The molecule has 0 aliphatic carbocycles. The number of benzene rings is 3. The Hall–Kier alpha value is -3.82. The predicted octanol–water partition coefficient (Wildman–Crippen LogP) is 4.45. The average molecular weight is 498 g/mol. The minimum atomic E-state index is -3.98. The van der Waals surface area contributed by atoms with Gasteiger partial charge in [0.2, 0.25) is 5.55 Å². The second-order valence-electron chi connectivity index (χ2n) is 7.33. The summed E-state index contributed by atoms with van der Waals surface area (Å²) < 4.78 is 36.2. The smallest absolute Gasteiger partial charge is 0.276 e. The first-order valence-corrected chi connectivity index (χ1v) is 11.9. The zero-order valence-electron chi connectivity index (χ0n) is 18.2. The Labute approximate surface area is 200 Å². The lowest BCUT2D eigenvalue weighted by molar-refractivity contribution is 0.102.